The summed E-state index contributed by atoms with van der Waals surface area (Å²) in [4.78, 5) is 21.0. The van der Waals surface area contributed by atoms with Crippen LogP contribution in [0.15, 0.2) is 30.3 Å². The van der Waals surface area contributed by atoms with Crippen molar-refractivity contribution in [3.8, 4) is 0 Å². The molecule has 0 heterocycles. The number of primary amides is 1. The lowest BCUT2D eigenvalue weighted by Crippen LogP contribution is -2.19. The van der Waals surface area contributed by atoms with Gasteiger partial charge in [-0.3, -0.25) is 9.59 Å². The molecule has 0 saturated heterocycles. The van der Waals surface area contributed by atoms with Crippen LogP contribution in [0.25, 0.3) is 0 Å². The fraction of sp³-hybridized carbons (Fsp3) is 0.529. The highest BCUT2D eigenvalue weighted by molar-refractivity contribution is 5.75. The average Bonchev–Trinajstić information content (AvgIpc) is 2.38. The molecule has 0 aliphatic rings. The first kappa shape index (κ1) is 20.0. The van der Waals surface area contributed by atoms with E-state index in [1.54, 1.807) is 0 Å². The Kier molecular flexibility index (Phi) is 10.5. The molecule has 0 aliphatic carbocycles. The fourth-order valence-electron chi connectivity index (χ4n) is 2.20. The number of para-hydroxylation sites is 1. The fourth-order valence-corrected chi connectivity index (χ4v) is 2.20. The Labute approximate surface area is 132 Å². The molecule has 0 fully saturated rings. The van der Waals surface area contributed by atoms with Crippen LogP contribution in [-0.4, -0.2) is 23.5 Å². The van der Waals surface area contributed by atoms with E-state index in [2.05, 4.69) is 24.4 Å². The predicted molar refractivity (Wildman–Crippen MR) is 89.6 cm³/mol. The minimum absolute atomic E-state index is 0.0289. The lowest BCUT2D eigenvalue weighted by Gasteiger charge is -2.14. The number of carbonyl (C=O) groups excluding carboxylic acids is 1. The zero-order chi connectivity index (χ0) is 17.0. The van der Waals surface area contributed by atoms with E-state index in [9.17, 15) is 9.59 Å². The van der Waals surface area contributed by atoms with Crippen molar-refractivity contribution in [1.82, 2.24) is 0 Å². The number of hydrogen-bond donors (Lipinski definition) is 3. The summed E-state index contributed by atoms with van der Waals surface area (Å²) in [5.74, 6) is -1.02. The van der Waals surface area contributed by atoms with E-state index in [-0.39, 0.29) is 18.8 Å². The molecule has 1 rings (SSSR count). The number of carboxylic acid groups (broad SMARTS) is 1. The molecular formula is C17H28N2O3. The molecule has 1 aromatic carbocycles. The molecule has 0 aliphatic heterocycles. The van der Waals surface area contributed by atoms with Gasteiger partial charge in [-0.2, -0.15) is 0 Å². The van der Waals surface area contributed by atoms with Gasteiger partial charge >= 0.3 is 5.97 Å². The second kappa shape index (κ2) is 11.6. The Balaban J connectivity index is 0.000000425. The van der Waals surface area contributed by atoms with Gasteiger partial charge in [0.05, 0.1) is 0 Å². The van der Waals surface area contributed by atoms with Crippen molar-refractivity contribution in [2.24, 2.45) is 17.6 Å². The number of carbonyl (C=O) groups is 2. The SMILES string of the molecule is CC(C)C[C@H](CC(N)=O)CC(=O)O.CCNc1ccccc1. The number of rotatable bonds is 8. The van der Waals surface area contributed by atoms with Crippen molar-refractivity contribution in [2.45, 2.75) is 40.0 Å². The van der Waals surface area contributed by atoms with Crippen molar-refractivity contribution in [1.29, 1.82) is 0 Å². The molecule has 5 heteroatoms. The molecule has 0 bridgehead atoms. The van der Waals surface area contributed by atoms with Crippen LogP contribution < -0.4 is 11.1 Å². The van der Waals surface area contributed by atoms with Crippen LogP contribution >= 0.6 is 0 Å². The van der Waals surface area contributed by atoms with Crippen molar-refractivity contribution >= 4 is 17.6 Å². The monoisotopic (exact) mass is 308 g/mol. The Bertz CT molecular complexity index is 417. The summed E-state index contributed by atoms with van der Waals surface area (Å²) < 4.78 is 0. The predicted octanol–water partition coefficient (Wildman–Crippen LogP) is 3.12. The molecule has 5 nitrogen and oxygen atoms in total. The number of anilines is 1. The maximum Gasteiger partial charge on any atom is 0.303 e. The largest absolute Gasteiger partial charge is 0.481 e. The Hall–Kier alpha value is -2.04. The van der Waals surface area contributed by atoms with Gasteiger partial charge in [0.15, 0.2) is 0 Å². The molecule has 0 radical (unpaired) electrons. The lowest BCUT2D eigenvalue weighted by molar-refractivity contribution is -0.138. The van der Waals surface area contributed by atoms with Crippen LogP contribution in [0.4, 0.5) is 5.69 Å². The van der Waals surface area contributed by atoms with Crippen LogP contribution in [0.1, 0.15) is 40.0 Å². The Morgan fingerprint density at radius 3 is 2.18 bits per heavy atom. The molecule has 22 heavy (non-hydrogen) atoms. The summed E-state index contributed by atoms with van der Waals surface area (Å²) in [5.41, 5.74) is 6.21. The number of nitrogens with two attached hydrogens (primary N) is 1. The third kappa shape index (κ3) is 11.8. The molecule has 0 aromatic heterocycles. The van der Waals surface area contributed by atoms with Gasteiger partial charge in [-0.25, -0.2) is 0 Å². The normalized spacial score (nSPS) is 11.3. The topological polar surface area (TPSA) is 92.4 Å². The van der Waals surface area contributed by atoms with E-state index in [0.29, 0.717) is 5.92 Å². The van der Waals surface area contributed by atoms with Gasteiger partial charge in [-0.1, -0.05) is 32.0 Å². The van der Waals surface area contributed by atoms with Gasteiger partial charge in [0.25, 0.3) is 0 Å². The standard InChI is InChI=1S/C9H17NO3.C8H11N/c1-6(2)3-7(4-8(10)11)5-9(12)13;1-2-9-8-6-4-3-5-7-8/h6-7H,3-5H2,1-2H3,(H2,10,11)(H,12,13);3-7,9H,2H2,1H3/t7-;/m1./s1. The number of benzene rings is 1. The van der Waals surface area contributed by atoms with Crippen molar-refractivity contribution in [2.75, 3.05) is 11.9 Å². The van der Waals surface area contributed by atoms with Gasteiger partial charge in [-0.15, -0.1) is 0 Å². The second-order valence-electron chi connectivity index (χ2n) is 5.66. The molecule has 1 aromatic rings. The van der Waals surface area contributed by atoms with Gasteiger partial charge < -0.3 is 16.2 Å². The summed E-state index contributed by atoms with van der Waals surface area (Å²) in [6, 6.07) is 10.2. The third-order valence-electron chi connectivity index (χ3n) is 2.91. The molecule has 124 valence electrons. The Morgan fingerprint density at radius 1 is 1.18 bits per heavy atom. The maximum absolute atomic E-state index is 10.6. The number of nitrogens with one attached hydrogen (secondary N) is 1. The highest BCUT2D eigenvalue weighted by Gasteiger charge is 2.16. The molecule has 4 N–H and O–H groups in total. The quantitative estimate of drug-likeness (QED) is 0.688. The summed E-state index contributed by atoms with van der Waals surface area (Å²) >= 11 is 0. The first-order valence-corrected chi connectivity index (χ1v) is 7.64. The van der Waals surface area contributed by atoms with E-state index >= 15 is 0 Å². The van der Waals surface area contributed by atoms with Crippen LogP contribution in [-0.2, 0) is 9.59 Å². The zero-order valence-electron chi connectivity index (χ0n) is 13.7. The van der Waals surface area contributed by atoms with Crippen molar-refractivity contribution in [3.05, 3.63) is 30.3 Å². The second-order valence-corrected chi connectivity index (χ2v) is 5.66. The summed E-state index contributed by atoms with van der Waals surface area (Å²) in [5, 5.41) is 11.8. The zero-order valence-corrected chi connectivity index (χ0v) is 13.7. The number of carboxylic acids is 1. The van der Waals surface area contributed by atoms with Gasteiger partial charge in [0.2, 0.25) is 5.91 Å². The molecular weight excluding hydrogens is 280 g/mol. The van der Waals surface area contributed by atoms with Crippen molar-refractivity contribution < 1.29 is 14.7 Å². The van der Waals surface area contributed by atoms with Gasteiger partial charge in [-0.05, 0) is 37.3 Å². The summed E-state index contributed by atoms with van der Waals surface area (Å²) in [6.07, 6.45) is 0.931. The maximum atomic E-state index is 10.6. The number of amides is 1. The van der Waals surface area contributed by atoms with Gasteiger partial charge in [0, 0.05) is 25.1 Å². The van der Waals surface area contributed by atoms with E-state index in [1.165, 1.54) is 5.69 Å². The van der Waals surface area contributed by atoms with Gasteiger partial charge in [0.1, 0.15) is 0 Å². The smallest absolute Gasteiger partial charge is 0.303 e. The molecule has 1 amide bonds. The van der Waals surface area contributed by atoms with Crippen LogP contribution in [0.2, 0.25) is 0 Å². The first-order valence-electron chi connectivity index (χ1n) is 7.64. The lowest BCUT2D eigenvalue weighted by atomic mass is 9.91. The van der Waals surface area contributed by atoms with Crippen molar-refractivity contribution in [3.63, 3.8) is 0 Å². The number of aliphatic carboxylic acids is 1. The molecule has 1 atom stereocenters. The molecule has 0 saturated carbocycles. The van der Waals surface area contributed by atoms with Crippen LogP contribution in [0.3, 0.4) is 0 Å². The van der Waals surface area contributed by atoms with Crippen LogP contribution in [0, 0.1) is 11.8 Å². The Morgan fingerprint density at radius 2 is 1.77 bits per heavy atom. The highest BCUT2D eigenvalue weighted by Crippen LogP contribution is 2.18. The van der Waals surface area contributed by atoms with E-state index in [1.807, 2.05) is 32.0 Å². The summed E-state index contributed by atoms with van der Waals surface area (Å²) in [6.45, 7) is 7.07. The third-order valence-corrected chi connectivity index (χ3v) is 2.91. The first-order chi connectivity index (χ1) is 10.3. The highest BCUT2D eigenvalue weighted by atomic mass is 16.4. The molecule has 0 spiro atoms. The minimum atomic E-state index is -0.869. The van der Waals surface area contributed by atoms with E-state index in [4.69, 9.17) is 10.8 Å². The average molecular weight is 308 g/mol. The van der Waals surface area contributed by atoms with E-state index < -0.39 is 11.9 Å². The summed E-state index contributed by atoms with van der Waals surface area (Å²) in [7, 11) is 0. The van der Waals surface area contributed by atoms with Crippen LogP contribution in [0.5, 0.6) is 0 Å². The van der Waals surface area contributed by atoms with E-state index in [0.717, 1.165) is 13.0 Å². The number of hydrogen-bond acceptors (Lipinski definition) is 3. The minimum Gasteiger partial charge on any atom is -0.481 e. The molecule has 0 unspecified atom stereocenters.